The number of carbonyl (C=O) groups is 1. The van der Waals surface area contributed by atoms with E-state index in [4.69, 9.17) is 10.5 Å². The molecule has 3 heterocycles. The van der Waals surface area contributed by atoms with Crippen LogP contribution in [0.3, 0.4) is 0 Å². The molecule has 0 fully saturated rings. The number of alkyl halides is 3. The average molecular weight is 455 g/mol. The highest BCUT2D eigenvalue weighted by molar-refractivity contribution is 5.98. The van der Waals surface area contributed by atoms with Crippen molar-refractivity contribution in [2.75, 3.05) is 18.9 Å². The zero-order valence-corrected chi connectivity index (χ0v) is 17.8. The molecule has 33 heavy (non-hydrogen) atoms. The van der Waals surface area contributed by atoms with Gasteiger partial charge in [-0.3, -0.25) is 9.20 Å². The minimum Gasteiger partial charge on any atom is -0.491 e. The van der Waals surface area contributed by atoms with Crippen LogP contribution in [0.25, 0.3) is 16.6 Å². The molecule has 4 aromatic rings. The minimum atomic E-state index is -4.46. The first-order valence-corrected chi connectivity index (χ1v) is 10.4. The third kappa shape index (κ3) is 3.33. The maximum absolute atomic E-state index is 13.5. The summed E-state index contributed by atoms with van der Waals surface area (Å²) in [6, 6.07) is 8.01. The van der Waals surface area contributed by atoms with Crippen LogP contribution in [-0.2, 0) is 6.18 Å². The lowest BCUT2D eigenvalue weighted by atomic mass is 10.0. The van der Waals surface area contributed by atoms with E-state index in [1.165, 1.54) is 6.07 Å². The predicted molar refractivity (Wildman–Crippen MR) is 116 cm³/mol. The molecule has 1 aliphatic rings. The number of anilines is 1. The van der Waals surface area contributed by atoms with E-state index in [0.717, 1.165) is 17.8 Å². The van der Waals surface area contributed by atoms with E-state index in [-0.39, 0.29) is 18.3 Å². The lowest BCUT2D eigenvalue weighted by Crippen LogP contribution is -2.35. The quantitative estimate of drug-likeness (QED) is 0.495. The number of halogens is 3. The molecule has 0 saturated heterocycles. The molecule has 1 unspecified atom stereocenters. The van der Waals surface area contributed by atoms with Gasteiger partial charge in [-0.15, -0.1) is 0 Å². The van der Waals surface area contributed by atoms with Crippen molar-refractivity contribution in [2.45, 2.75) is 26.1 Å². The average Bonchev–Trinajstić information content (AvgIpc) is 3.37. The molecular weight excluding hydrogens is 435 g/mol. The molecule has 1 atom stereocenters. The number of ether oxygens (including phenoxy) is 1. The molecule has 0 saturated carbocycles. The van der Waals surface area contributed by atoms with Gasteiger partial charge in [-0.1, -0.05) is 6.07 Å². The molecule has 2 aromatic heterocycles. The van der Waals surface area contributed by atoms with Crippen LogP contribution in [0.1, 0.15) is 40.1 Å². The van der Waals surface area contributed by atoms with E-state index < -0.39 is 17.8 Å². The second-order valence-corrected chi connectivity index (χ2v) is 7.92. The lowest BCUT2D eigenvalue weighted by molar-refractivity contribution is -0.137. The fourth-order valence-electron chi connectivity index (χ4n) is 4.35. The minimum absolute atomic E-state index is 0.0901. The van der Waals surface area contributed by atoms with Gasteiger partial charge < -0.3 is 15.4 Å². The van der Waals surface area contributed by atoms with Crippen LogP contribution in [-0.4, -0.2) is 38.3 Å². The number of fused-ring (bicyclic) bond motifs is 4. The van der Waals surface area contributed by atoms with Crippen molar-refractivity contribution in [3.63, 3.8) is 0 Å². The zero-order valence-electron chi connectivity index (χ0n) is 17.8. The van der Waals surface area contributed by atoms with Crippen LogP contribution >= 0.6 is 0 Å². The summed E-state index contributed by atoms with van der Waals surface area (Å²) in [6.45, 7) is 4.09. The van der Waals surface area contributed by atoms with E-state index in [1.54, 1.807) is 33.8 Å². The Balaban J connectivity index is 1.53. The highest BCUT2D eigenvalue weighted by atomic mass is 19.4. The van der Waals surface area contributed by atoms with Gasteiger partial charge in [0.1, 0.15) is 30.0 Å². The Morgan fingerprint density at radius 3 is 2.79 bits per heavy atom. The van der Waals surface area contributed by atoms with Crippen molar-refractivity contribution < 1.29 is 22.7 Å². The Morgan fingerprint density at radius 1 is 1.27 bits per heavy atom. The molecule has 2 aromatic carbocycles. The van der Waals surface area contributed by atoms with Crippen LogP contribution in [0.4, 0.5) is 19.0 Å². The van der Waals surface area contributed by atoms with E-state index in [9.17, 15) is 18.0 Å². The van der Waals surface area contributed by atoms with Crippen molar-refractivity contribution in [1.82, 2.24) is 19.3 Å². The number of aryl methyl sites for hydroxylation is 1. The van der Waals surface area contributed by atoms with Gasteiger partial charge >= 0.3 is 6.18 Å². The largest absolute Gasteiger partial charge is 0.491 e. The first kappa shape index (κ1) is 21.0. The van der Waals surface area contributed by atoms with E-state index in [2.05, 4.69) is 9.97 Å². The Morgan fingerprint density at radius 2 is 2.06 bits per heavy atom. The van der Waals surface area contributed by atoms with Gasteiger partial charge in [-0.25, -0.2) is 9.97 Å². The van der Waals surface area contributed by atoms with Gasteiger partial charge in [-0.2, -0.15) is 13.2 Å². The number of hydrogen-bond donors (Lipinski definition) is 1. The molecular formula is C23H20F3N5O2. The van der Waals surface area contributed by atoms with Crippen LogP contribution in [0.15, 0.2) is 42.7 Å². The summed E-state index contributed by atoms with van der Waals surface area (Å²) in [5.74, 6) is 0.238. The molecule has 0 bridgehead atoms. The second kappa shape index (κ2) is 7.36. The second-order valence-electron chi connectivity index (χ2n) is 7.92. The summed E-state index contributed by atoms with van der Waals surface area (Å²) >= 11 is 0. The van der Waals surface area contributed by atoms with Crippen LogP contribution in [0, 0.1) is 6.92 Å². The monoisotopic (exact) mass is 455 g/mol. The van der Waals surface area contributed by atoms with Gasteiger partial charge in [0.05, 0.1) is 28.3 Å². The van der Waals surface area contributed by atoms with Crippen molar-refractivity contribution in [3.05, 3.63) is 65.1 Å². The number of amides is 1. The van der Waals surface area contributed by atoms with Gasteiger partial charge in [-0.05, 0) is 44.2 Å². The van der Waals surface area contributed by atoms with Crippen molar-refractivity contribution in [1.29, 1.82) is 0 Å². The van der Waals surface area contributed by atoms with Crippen molar-refractivity contribution >= 4 is 28.3 Å². The Kier molecular flexibility index (Phi) is 4.70. The molecule has 0 aliphatic carbocycles. The summed E-state index contributed by atoms with van der Waals surface area (Å²) in [4.78, 5) is 23.8. The number of rotatable bonds is 3. The third-order valence-corrected chi connectivity index (χ3v) is 5.99. The molecule has 0 radical (unpaired) electrons. The van der Waals surface area contributed by atoms with Gasteiger partial charge in [0, 0.05) is 17.7 Å². The van der Waals surface area contributed by atoms with Gasteiger partial charge in [0.25, 0.3) is 5.91 Å². The molecule has 0 spiro atoms. The first-order chi connectivity index (χ1) is 15.7. The molecule has 5 rings (SSSR count). The normalized spacial score (nSPS) is 15.6. The number of benzene rings is 2. The van der Waals surface area contributed by atoms with E-state index >= 15 is 0 Å². The highest BCUT2D eigenvalue weighted by Crippen LogP contribution is 2.41. The van der Waals surface area contributed by atoms with Crippen LogP contribution in [0.5, 0.6) is 5.75 Å². The van der Waals surface area contributed by atoms with Crippen LogP contribution in [0.2, 0.25) is 0 Å². The summed E-state index contributed by atoms with van der Waals surface area (Å²) in [5, 5.41) is 0. The molecule has 7 nitrogen and oxygen atoms in total. The number of aromatic nitrogens is 3. The van der Waals surface area contributed by atoms with Crippen molar-refractivity contribution in [3.8, 4) is 5.75 Å². The summed E-state index contributed by atoms with van der Waals surface area (Å²) in [6.07, 6.45) is -2.83. The molecule has 10 heteroatoms. The summed E-state index contributed by atoms with van der Waals surface area (Å²) < 4.78 is 46.5. The fraction of sp³-hybridized carbons (Fsp3) is 0.261. The number of hydrogen-bond acceptors (Lipinski definition) is 5. The SMILES string of the molecule is CCN(C(=O)c1ccc2nc(N)c3c(C)ncn3c2c1)C1COc2cc(C(F)(F)F)ccc21. The van der Waals surface area contributed by atoms with Crippen LogP contribution < -0.4 is 10.5 Å². The summed E-state index contributed by atoms with van der Waals surface area (Å²) in [7, 11) is 0. The number of carbonyl (C=O) groups excluding carboxylic acids is 1. The number of nitrogen functional groups attached to an aromatic ring is 1. The Labute approximate surface area is 186 Å². The van der Waals surface area contributed by atoms with Gasteiger partial charge in [0.2, 0.25) is 0 Å². The maximum atomic E-state index is 13.5. The highest BCUT2D eigenvalue weighted by Gasteiger charge is 2.36. The number of likely N-dealkylation sites (N-methyl/N-ethyl adjacent to an activating group) is 1. The number of imidazole rings is 1. The number of nitrogens with two attached hydrogens (primary N) is 1. The Bertz CT molecular complexity index is 1410. The Hall–Kier alpha value is -3.82. The molecule has 2 N–H and O–H groups in total. The van der Waals surface area contributed by atoms with Crippen molar-refractivity contribution in [2.24, 2.45) is 0 Å². The standard InChI is InChI=1S/C23H20F3N5O2/c1-3-30(18-10-33-19-9-14(23(24,25)26)5-6-15(18)19)22(32)13-4-7-16-17(8-13)31-11-28-12(2)20(31)21(27)29-16/h4-9,11,18H,3,10H2,1-2H3,(H2,27,29). The first-order valence-electron chi connectivity index (χ1n) is 10.4. The third-order valence-electron chi connectivity index (χ3n) is 5.99. The maximum Gasteiger partial charge on any atom is 0.416 e. The smallest absolute Gasteiger partial charge is 0.416 e. The summed E-state index contributed by atoms with van der Waals surface area (Å²) in [5.41, 5.74) is 8.97. The molecule has 1 aliphatic heterocycles. The number of nitrogens with zero attached hydrogens (tertiary/aromatic N) is 4. The zero-order chi connectivity index (χ0) is 23.5. The van der Waals surface area contributed by atoms with E-state index in [1.807, 2.05) is 13.8 Å². The topological polar surface area (TPSA) is 85.8 Å². The molecule has 170 valence electrons. The predicted octanol–water partition coefficient (Wildman–Crippen LogP) is 4.39. The fourth-order valence-corrected chi connectivity index (χ4v) is 4.35. The lowest BCUT2D eigenvalue weighted by Gasteiger charge is -2.27. The van der Waals surface area contributed by atoms with E-state index in [0.29, 0.717) is 40.0 Å². The van der Waals surface area contributed by atoms with Gasteiger partial charge in [0.15, 0.2) is 0 Å². The molecule has 1 amide bonds.